The first-order chi connectivity index (χ1) is 13.2. The van der Waals surface area contributed by atoms with Gasteiger partial charge >= 0.3 is 0 Å². The standard InChI is InChI=1S/C21H35N5O.HI/c1-4-24-11-13-25(14-12-24)10-9-23-21(22-3)26-15-16-27-20(17-26)19-8-6-5-7-18(19)2;/h5-8,20H,4,9-17H2,1-3H3,(H,22,23);1H. The highest BCUT2D eigenvalue weighted by atomic mass is 127. The summed E-state index contributed by atoms with van der Waals surface area (Å²) in [6, 6.07) is 8.51. The Morgan fingerprint density at radius 1 is 1.14 bits per heavy atom. The molecule has 28 heavy (non-hydrogen) atoms. The highest BCUT2D eigenvalue weighted by molar-refractivity contribution is 14.0. The molecule has 2 aliphatic rings. The number of hydrogen-bond acceptors (Lipinski definition) is 4. The third-order valence-corrected chi connectivity index (χ3v) is 5.74. The number of guanidine groups is 1. The van der Waals surface area contributed by atoms with Crippen molar-refractivity contribution in [2.24, 2.45) is 4.99 Å². The number of nitrogens with one attached hydrogen (secondary N) is 1. The van der Waals surface area contributed by atoms with Gasteiger partial charge in [-0.15, -0.1) is 24.0 Å². The van der Waals surface area contributed by atoms with Crippen LogP contribution in [0.15, 0.2) is 29.3 Å². The van der Waals surface area contributed by atoms with Crippen LogP contribution < -0.4 is 5.32 Å². The maximum atomic E-state index is 6.05. The molecule has 0 amide bonds. The Labute approximate surface area is 187 Å². The van der Waals surface area contributed by atoms with Crippen LogP contribution in [0.25, 0.3) is 0 Å². The summed E-state index contributed by atoms with van der Waals surface area (Å²) in [6.07, 6.45) is 0.112. The second kappa shape index (κ2) is 11.9. The van der Waals surface area contributed by atoms with Gasteiger partial charge in [-0.2, -0.15) is 0 Å². The predicted octanol–water partition coefficient (Wildman–Crippen LogP) is 2.20. The summed E-state index contributed by atoms with van der Waals surface area (Å²) in [5.41, 5.74) is 2.57. The van der Waals surface area contributed by atoms with E-state index >= 15 is 0 Å². The summed E-state index contributed by atoms with van der Waals surface area (Å²) in [4.78, 5) is 11.9. The first-order valence-corrected chi connectivity index (χ1v) is 10.3. The molecule has 1 unspecified atom stereocenters. The van der Waals surface area contributed by atoms with Crippen LogP contribution in [-0.4, -0.2) is 93.2 Å². The van der Waals surface area contributed by atoms with Gasteiger partial charge in [-0.05, 0) is 24.6 Å². The van der Waals surface area contributed by atoms with Gasteiger partial charge in [0, 0.05) is 52.9 Å². The molecule has 7 heteroatoms. The maximum absolute atomic E-state index is 6.05. The Morgan fingerprint density at radius 2 is 1.86 bits per heavy atom. The van der Waals surface area contributed by atoms with Gasteiger partial charge in [0.25, 0.3) is 0 Å². The number of piperazine rings is 1. The van der Waals surface area contributed by atoms with Crippen LogP contribution in [0.4, 0.5) is 0 Å². The highest BCUT2D eigenvalue weighted by Gasteiger charge is 2.25. The average molecular weight is 501 g/mol. The fraction of sp³-hybridized carbons (Fsp3) is 0.667. The van der Waals surface area contributed by atoms with Crippen molar-refractivity contribution in [2.75, 3.05) is 72.6 Å². The van der Waals surface area contributed by atoms with Crippen LogP contribution in [0.2, 0.25) is 0 Å². The van der Waals surface area contributed by atoms with Crippen LogP contribution in [0, 0.1) is 6.92 Å². The molecule has 0 aromatic heterocycles. The van der Waals surface area contributed by atoms with Crippen molar-refractivity contribution in [3.63, 3.8) is 0 Å². The smallest absolute Gasteiger partial charge is 0.193 e. The Kier molecular flexibility index (Phi) is 9.98. The number of morpholine rings is 1. The molecule has 1 aromatic rings. The second-order valence-corrected chi connectivity index (χ2v) is 7.41. The van der Waals surface area contributed by atoms with E-state index in [1.54, 1.807) is 0 Å². The maximum Gasteiger partial charge on any atom is 0.193 e. The van der Waals surface area contributed by atoms with Crippen LogP contribution in [-0.2, 0) is 4.74 Å². The molecule has 0 radical (unpaired) electrons. The summed E-state index contributed by atoms with van der Waals surface area (Å²) in [6.45, 7) is 14.7. The second-order valence-electron chi connectivity index (χ2n) is 7.41. The van der Waals surface area contributed by atoms with Gasteiger partial charge in [0.1, 0.15) is 6.10 Å². The lowest BCUT2D eigenvalue weighted by atomic mass is 10.0. The molecular weight excluding hydrogens is 465 g/mol. The lowest BCUT2D eigenvalue weighted by Crippen LogP contribution is -2.51. The number of rotatable bonds is 5. The van der Waals surface area contributed by atoms with Crippen LogP contribution in [0.3, 0.4) is 0 Å². The highest BCUT2D eigenvalue weighted by Crippen LogP contribution is 2.24. The van der Waals surface area contributed by atoms with Crippen molar-refractivity contribution in [1.82, 2.24) is 20.0 Å². The van der Waals surface area contributed by atoms with Crippen molar-refractivity contribution in [1.29, 1.82) is 0 Å². The van der Waals surface area contributed by atoms with E-state index < -0.39 is 0 Å². The van der Waals surface area contributed by atoms with Crippen molar-refractivity contribution in [2.45, 2.75) is 20.0 Å². The average Bonchev–Trinajstić information content (AvgIpc) is 2.72. The van der Waals surface area contributed by atoms with Crippen LogP contribution >= 0.6 is 24.0 Å². The van der Waals surface area contributed by atoms with E-state index in [4.69, 9.17) is 4.74 Å². The number of nitrogens with zero attached hydrogens (tertiary/aromatic N) is 4. The van der Waals surface area contributed by atoms with Gasteiger partial charge in [0.2, 0.25) is 0 Å². The van der Waals surface area contributed by atoms with Crippen LogP contribution in [0.5, 0.6) is 0 Å². The summed E-state index contributed by atoms with van der Waals surface area (Å²) in [5, 5.41) is 3.56. The molecule has 2 aliphatic heterocycles. The van der Waals surface area contributed by atoms with E-state index in [0.29, 0.717) is 0 Å². The zero-order chi connectivity index (χ0) is 19.1. The summed E-state index contributed by atoms with van der Waals surface area (Å²) < 4.78 is 6.05. The zero-order valence-electron chi connectivity index (χ0n) is 17.6. The summed E-state index contributed by atoms with van der Waals surface area (Å²) in [5.74, 6) is 0.990. The molecule has 2 saturated heterocycles. The minimum absolute atomic E-state index is 0. The van der Waals surface area contributed by atoms with E-state index in [-0.39, 0.29) is 30.1 Å². The van der Waals surface area contributed by atoms with Gasteiger partial charge in [-0.1, -0.05) is 31.2 Å². The summed E-state index contributed by atoms with van der Waals surface area (Å²) in [7, 11) is 1.88. The molecule has 0 spiro atoms. The van der Waals surface area contributed by atoms with Crippen molar-refractivity contribution >= 4 is 29.9 Å². The van der Waals surface area contributed by atoms with E-state index in [1.807, 2.05) is 7.05 Å². The van der Waals surface area contributed by atoms with Gasteiger partial charge in [-0.25, -0.2) is 0 Å². The van der Waals surface area contributed by atoms with Crippen molar-refractivity contribution < 1.29 is 4.74 Å². The van der Waals surface area contributed by atoms with Crippen molar-refractivity contribution in [3.05, 3.63) is 35.4 Å². The topological polar surface area (TPSA) is 43.3 Å². The number of hydrogen-bond donors (Lipinski definition) is 1. The predicted molar refractivity (Wildman–Crippen MR) is 127 cm³/mol. The number of halogens is 1. The molecule has 0 bridgehead atoms. The van der Waals surface area contributed by atoms with E-state index in [0.717, 1.165) is 45.3 Å². The quantitative estimate of drug-likeness (QED) is 0.381. The molecular formula is C21H36IN5O. The fourth-order valence-corrected chi connectivity index (χ4v) is 3.97. The summed E-state index contributed by atoms with van der Waals surface area (Å²) >= 11 is 0. The van der Waals surface area contributed by atoms with Crippen LogP contribution in [0.1, 0.15) is 24.2 Å². The largest absolute Gasteiger partial charge is 0.370 e. The number of likely N-dealkylation sites (N-methyl/N-ethyl adjacent to an activating group) is 1. The number of benzene rings is 1. The van der Waals surface area contributed by atoms with Gasteiger partial charge < -0.3 is 19.9 Å². The van der Waals surface area contributed by atoms with Gasteiger partial charge in [0.05, 0.1) is 13.2 Å². The first kappa shape index (κ1) is 23.4. The normalized spacial score (nSPS) is 22.0. The molecule has 1 aromatic carbocycles. The number of aliphatic imine (C=N–C) groups is 1. The molecule has 0 saturated carbocycles. The lowest BCUT2D eigenvalue weighted by Gasteiger charge is -2.36. The third-order valence-electron chi connectivity index (χ3n) is 5.74. The SMILES string of the molecule is CCN1CCN(CCNC(=NC)N2CCOC(c3ccccc3C)C2)CC1.I. The molecule has 3 rings (SSSR count). The van der Waals surface area contributed by atoms with Crippen molar-refractivity contribution in [3.8, 4) is 0 Å². The Hall–Kier alpha value is -0.900. The number of aryl methyl sites for hydroxylation is 1. The van der Waals surface area contributed by atoms with E-state index in [9.17, 15) is 0 Å². The third kappa shape index (κ3) is 6.30. The van der Waals surface area contributed by atoms with E-state index in [2.05, 4.69) is 63.1 Å². The molecule has 2 fully saturated rings. The fourth-order valence-electron chi connectivity index (χ4n) is 3.97. The van der Waals surface area contributed by atoms with Gasteiger partial charge in [0.15, 0.2) is 5.96 Å². The zero-order valence-corrected chi connectivity index (χ0v) is 19.9. The van der Waals surface area contributed by atoms with Gasteiger partial charge in [-0.3, -0.25) is 9.89 Å². The Bertz CT molecular complexity index is 619. The Morgan fingerprint density at radius 3 is 2.54 bits per heavy atom. The lowest BCUT2D eigenvalue weighted by molar-refractivity contribution is -0.00835. The molecule has 158 valence electrons. The molecule has 6 nitrogen and oxygen atoms in total. The monoisotopic (exact) mass is 501 g/mol. The minimum Gasteiger partial charge on any atom is -0.370 e. The Balaban J connectivity index is 0.00000280. The molecule has 2 heterocycles. The minimum atomic E-state index is 0. The molecule has 1 N–H and O–H groups in total. The van der Waals surface area contributed by atoms with E-state index in [1.165, 1.54) is 37.3 Å². The molecule has 1 atom stereocenters. The first-order valence-electron chi connectivity index (χ1n) is 10.3. The molecule has 0 aliphatic carbocycles. The number of ether oxygens (including phenoxy) is 1.